The summed E-state index contributed by atoms with van der Waals surface area (Å²) in [7, 11) is 0. The molecule has 0 saturated carbocycles. The highest BCUT2D eigenvalue weighted by atomic mass is 35.5. The summed E-state index contributed by atoms with van der Waals surface area (Å²) in [6.45, 7) is 3.72. The summed E-state index contributed by atoms with van der Waals surface area (Å²) in [5.74, 6) is -0.796. The van der Waals surface area contributed by atoms with Gasteiger partial charge in [0.05, 0.1) is 10.5 Å². The van der Waals surface area contributed by atoms with Gasteiger partial charge < -0.3 is 5.32 Å². The molecule has 1 aromatic heterocycles. The molecule has 2 aromatic rings. The molecule has 0 aliphatic carbocycles. The van der Waals surface area contributed by atoms with Gasteiger partial charge in [-0.15, -0.1) is 0 Å². The molecule has 0 aliphatic rings. The second kappa shape index (κ2) is 5.67. The van der Waals surface area contributed by atoms with E-state index in [9.17, 15) is 17.6 Å². The molecule has 0 spiro atoms. The predicted octanol–water partition coefficient (Wildman–Crippen LogP) is 5.18. The van der Waals surface area contributed by atoms with Crippen LogP contribution in [0.15, 0.2) is 12.1 Å². The topological polar surface area (TPSA) is 24.9 Å². The predicted molar refractivity (Wildman–Crippen MR) is 75.2 cm³/mol. The van der Waals surface area contributed by atoms with Crippen LogP contribution in [0.25, 0.3) is 10.9 Å². The van der Waals surface area contributed by atoms with Crippen molar-refractivity contribution in [2.24, 2.45) is 0 Å². The Morgan fingerprint density at radius 2 is 1.95 bits per heavy atom. The van der Waals surface area contributed by atoms with Crippen LogP contribution in [0.1, 0.15) is 24.6 Å². The first-order chi connectivity index (χ1) is 9.75. The zero-order valence-electron chi connectivity index (χ0n) is 11.4. The summed E-state index contributed by atoms with van der Waals surface area (Å²) < 4.78 is 52.6. The smallest absolute Gasteiger partial charge is 0.384 e. The van der Waals surface area contributed by atoms with Gasteiger partial charge in [0, 0.05) is 29.2 Å². The van der Waals surface area contributed by atoms with E-state index in [4.69, 9.17) is 11.6 Å². The van der Waals surface area contributed by atoms with Gasteiger partial charge >= 0.3 is 6.18 Å². The number of rotatable bonds is 3. The third kappa shape index (κ3) is 3.05. The van der Waals surface area contributed by atoms with E-state index in [0.717, 1.165) is 12.5 Å². The Morgan fingerprint density at radius 3 is 2.52 bits per heavy atom. The van der Waals surface area contributed by atoms with Gasteiger partial charge in [-0.25, -0.2) is 9.37 Å². The minimum absolute atomic E-state index is 0.0221. The first-order valence-corrected chi connectivity index (χ1v) is 6.74. The van der Waals surface area contributed by atoms with Crippen molar-refractivity contribution in [2.45, 2.75) is 26.4 Å². The van der Waals surface area contributed by atoms with E-state index in [-0.39, 0.29) is 21.8 Å². The number of nitrogens with zero attached hydrogens (tertiary/aromatic N) is 1. The molecular formula is C14H13ClF4N2. The number of hydrogen-bond donors (Lipinski definition) is 1. The molecule has 0 unspecified atom stereocenters. The highest BCUT2D eigenvalue weighted by molar-refractivity contribution is 6.31. The van der Waals surface area contributed by atoms with Crippen LogP contribution in [0.4, 0.5) is 23.2 Å². The van der Waals surface area contributed by atoms with E-state index in [1.165, 1.54) is 13.0 Å². The van der Waals surface area contributed by atoms with E-state index < -0.39 is 17.7 Å². The fourth-order valence-electron chi connectivity index (χ4n) is 2.11. The van der Waals surface area contributed by atoms with Crippen LogP contribution in [0.5, 0.6) is 0 Å². The van der Waals surface area contributed by atoms with Gasteiger partial charge in [0.1, 0.15) is 11.5 Å². The van der Waals surface area contributed by atoms with Gasteiger partial charge in [-0.05, 0) is 19.4 Å². The fourth-order valence-corrected chi connectivity index (χ4v) is 2.27. The molecule has 1 N–H and O–H groups in total. The summed E-state index contributed by atoms with van der Waals surface area (Å²) in [6, 6.07) is 2.22. The molecular weight excluding hydrogens is 308 g/mol. The number of anilines is 1. The van der Waals surface area contributed by atoms with Crippen LogP contribution in [-0.2, 0) is 6.18 Å². The van der Waals surface area contributed by atoms with E-state index in [1.54, 1.807) is 0 Å². The number of pyridine rings is 1. The molecule has 2 nitrogen and oxygen atoms in total. The van der Waals surface area contributed by atoms with Gasteiger partial charge in [-0.1, -0.05) is 18.5 Å². The number of alkyl halides is 3. The third-order valence-electron chi connectivity index (χ3n) is 3.09. The number of fused-ring (bicyclic) bond motifs is 1. The van der Waals surface area contributed by atoms with Crippen molar-refractivity contribution < 1.29 is 17.6 Å². The van der Waals surface area contributed by atoms with Gasteiger partial charge in [0.25, 0.3) is 0 Å². The van der Waals surface area contributed by atoms with Crippen LogP contribution in [0.2, 0.25) is 5.02 Å². The van der Waals surface area contributed by atoms with Crippen molar-refractivity contribution in [3.8, 4) is 0 Å². The van der Waals surface area contributed by atoms with Gasteiger partial charge in [-0.3, -0.25) is 0 Å². The number of benzene rings is 1. The van der Waals surface area contributed by atoms with Crippen molar-refractivity contribution in [1.29, 1.82) is 0 Å². The monoisotopic (exact) mass is 320 g/mol. The third-order valence-corrected chi connectivity index (χ3v) is 3.38. The summed E-state index contributed by atoms with van der Waals surface area (Å²) >= 11 is 5.72. The SMILES string of the molecule is CCCNc1c(C)c(C(F)(F)F)nc2cc(F)c(Cl)cc12. The number of nitrogens with one attached hydrogen (secondary N) is 1. The molecule has 2 rings (SSSR count). The lowest BCUT2D eigenvalue weighted by Gasteiger charge is -2.17. The van der Waals surface area contributed by atoms with Crippen molar-refractivity contribution in [2.75, 3.05) is 11.9 Å². The fraction of sp³-hybridized carbons (Fsp3) is 0.357. The Morgan fingerprint density at radius 1 is 1.29 bits per heavy atom. The zero-order chi connectivity index (χ0) is 15.8. The van der Waals surface area contributed by atoms with Crippen LogP contribution < -0.4 is 5.32 Å². The Bertz CT molecular complexity index is 683. The highest BCUT2D eigenvalue weighted by Gasteiger charge is 2.36. The average molecular weight is 321 g/mol. The molecule has 114 valence electrons. The van der Waals surface area contributed by atoms with Crippen molar-refractivity contribution >= 4 is 28.2 Å². The summed E-state index contributed by atoms with van der Waals surface area (Å²) in [4.78, 5) is 3.55. The van der Waals surface area contributed by atoms with E-state index in [0.29, 0.717) is 11.9 Å². The summed E-state index contributed by atoms with van der Waals surface area (Å²) in [6.07, 6.45) is -3.86. The van der Waals surface area contributed by atoms with E-state index >= 15 is 0 Å². The number of halogens is 5. The second-order valence-corrected chi connectivity index (χ2v) is 5.08. The van der Waals surface area contributed by atoms with Crippen molar-refractivity contribution in [3.05, 3.63) is 34.2 Å². The first kappa shape index (κ1) is 15.8. The Labute approximate surface area is 124 Å². The molecule has 1 heterocycles. The standard InChI is InChI=1S/C14H13ClF4N2/c1-3-4-20-12-7(2)13(14(17,18)19)21-11-6-10(16)9(15)5-8(11)12/h5-6H,3-4H2,1-2H3,(H,20,21). The molecule has 7 heteroatoms. The van der Waals surface area contributed by atoms with Crippen LogP contribution >= 0.6 is 11.6 Å². The molecule has 0 fully saturated rings. The van der Waals surface area contributed by atoms with Gasteiger partial charge in [0.2, 0.25) is 0 Å². The minimum atomic E-state index is -4.60. The maximum Gasteiger partial charge on any atom is 0.433 e. The molecule has 0 radical (unpaired) electrons. The van der Waals surface area contributed by atoms with Crippen LogP contribution in [0, 0.1) is 12.7 Å². The zero-order valence-corrected chi connectivity index (χ0v) is 12.2. The molecule has 0 amide bonds. The lowest BCUT2D eigenvalue weighted by atomic mass is 10.1. The van der Waals surface area contributed by atoms with Crippen LogP contribution in [0.3, 0.4) is 0 Å². The number of hydrogen-bond acceptors (Lipinski definition) is 2. The largest absolute Gasteiger partial charge is 0.433 e. The highest BCUT2D eigenvalue weighted by Crippen LogP contribution is 2.38. The van der Waals surface area contributed by atoms with Crippen molar-refractivity contribution in [1.82, 2.24) is 4.98 Å². The summed E-state index contributed by atoms with van der Waals surface area (Å²) in [5.41, 5.74) is -0.828. The molecule has 0 aliphatic heterocycles. The Balaban J connectivity index is 2.79. The lowest BCUT2D eigenvalue weighted by Crippen LogP contribution is -2.14. The maximum atomic E-state index is 13.5. The summed E-state index contributed by atoms with van der Waals surface area (Å²) in [5, 5.41) is 3.17. The molecule has 0 saturated heterocycles. The average Bonchev–Trinajstić information content (AvgIpc) is 2.38. The normalized spacial score (nSPS) is 12.0. The minimum Gasteiger partial charge on any atom is -0.384 e. The Kier molecular flexibility index (Phi) is 4.27. The molecule has 1 aromatic carbocycles. The van der Waals surface area contributed by atoms with E-state index in [2.05, 4.69) is 10.3 Å². The second-order valence-electron chi connectivity index (χ2n) is 4.67. The van der Waals surface area contributed by atoms with Crippen molar-refractivity contribution in [3.63, 3.8) is 0 Å². The molecule has 0 bridgehead atoms. The Hall–Kier alpha value is -1.56. The molecule has 21 heavy (non-hydrogen) atoms. The first-order valence-electron chi connectivity index (χ1n) is 6.36. The maximum absolute atomic E-state index is 13.5. The lowest BCUT2D eigenvalue weighted by molar-refractivity contribution is -0.141. The quantitative estimate of drug-likeness (QED) is 0.788. The van der Waals surface area contributed by atoms with Crippen LogP contribution in [-0.4, -0.2) is 11.5 Å². The number of aromatic nitrogens is 1. The van der Waals surface area contributed by atoms with Gasteiger partial charge in [0.15, 0.2) is 0 Å². The molecule has 0 atom stereocenters. The van der Waals surface area contributed by atoms with Gasteiger partial charge in [-0.2, -0.15) is 13.2 Å². The van der Waals surface area contributed by atoms with E-state index in [1.807, 2.05) is 6.92 Å².